The fourth-order valence-corrected chi connectivity index (χ4v) is 3.41. The average molecular weight is 310 g/mol. The number of para-hydroxylation sites is 1. The summed E-state index contributed by atoms with van der Waals surface area (Å²) >= 11 is 0. The highest BCUT2D eigenvalue weighted by atomic mass is 16.5. The molecule has 0 bridgehead atoms. The average Bonchev–Trinajstić information content (AvgIpc) is 2.59. The largest absolute Gasteiger partial charge is 0.496 e. The first-order valence-electron chi connectivity index (χ1n) is 8.15. The minimum absolute atomic E-state index is 0.443. The van der Waals surface area contributed by atoms with Crippen molar-refractivity contribution in [2.75, 3.05) is 7.11 Å². The number of benzene rings is 2. The Kier molecular flexibility index (Phi) is 4.65. The zero-order valence-corrected chi connectivity index (χ0v) is 13.4. The molecule has 3 rings (SSSR count). The van der Waals surface area contributed by atoms with Crippen molar-refractivity contribution in [2.24, 2.45) is 0 Å². The maximum atomic E-state index is 11.8. The molecular weight excluding hydrogens is 288 g/mol. The minimum atomic E-state index is -0.785. The van der Waals surface area contributed by atoms with Gasteiger partial charge in [-0.15, -0.1) is 0 Å². The lowest BCUT2D eigenvalue weighted by molar-refractivity contribution is -0.138. The van der Waals surface area contributed by atoms with Gasteiger partial charge in [-0.05, 0) is 60.4 Å². The van der Waals surface area contributed by atoms with Crippen LogP contribution in [0.3, 0.4) is 0 Å². The SMILES string of the molecule is COc1ccccc1CC(C(=O)O)c1ccc2c(c1)CCCC2. The summed E-state index contributed by atoms with van der Waals surface area (Å²) in [7, 11) is 1.62. The van der Waals surface area contributed by atoms with E-state index in [2.05, 4.69) is 12.1 Å². The van der Waals surface area contributed by atoms with Crippen molar-refractivity contribution >= 4 is 5.97 Å². The van der Waals surface area contributed by atoms with Crippen molar-refractivity contribution in [1.82, 2.24) is 0 Å². The second kappa shape index (κ2) is 6.86. The summed E-state index contributed by atoms with van der Waals surface area (Å²) < 4.78 is 5.36. The molecule has 120 valence electrons. The lowest BCUT2D eigenvalue weighted by Gasteiger charge is -2.20. The smallest absolute Gasteiger partial charge is 0.311 e. The third kappa shape index (κ3) is 3.39. The summed E-state index contributed by atoms with van der Waals surface area (Å²) in [6.45, 7) is 0. The van der Waals surface area contributed by atoms with Gasteiger partial charge in [-0.3, -0.25) is 4.79 Å². The summed E-state index contributed by atoms with van der Waals surface area (Å²) in [4.78, 5) is 11.8. The van der Waals surface area contributed by atoms with Crippen LogP contribution in [-0.4, -0.2) is 18.2 Å². The predicted octanol–water partition coefficient (Wildman–Crippen LogP) is 3.98. The number of aryl methyl sites for hydroxylation is 2. The standard InChI is InChI=1S/C20H22O3/c1-23-19-9-5-4-8-17(19)13-18(20(21)22)16-11-10-14-6-2-3-7-15(14)12-16/h4-5,8-12,18H,2-3,6-7,13H2,1H3,(H,21,22). The molecule has 0 spiro atoms. The number of fused-ring (bicyclic) bond motifs is 1. The van der Waals surface area contributed by atoms with E-state index in [1.807, 2.05) is 30.3 Å². The van der Waals surface area contributed by atoms with Crippen molar-refractivity contribution in [3.8, 4) is 5.75 Å². The van der Waals surface area contributed by atoms with Gasteiger partial charge in [0.15, 0.2) is 0 Å². The molecule has 0 fully saturated rings. The van der Waals surface area contributed by atoms with E-state index in [1.54, 1.807) is 7.11 Å². The van der Waals surface area contributed by atoms with Crippen molar-refractivity contribution in [3.63, 3.8) is 0 Å². The van der Waals surface area contributed by atoms with Crippen LogP contribution in [0.25, 0.3) is 0 Å². The van der Waals surface area contributed by atoms with E-state index < -0.39 is 11.9 Å². The molecule has 1 atom stereocenters. The molecule has 3 nitrogen and oxygen atoms in total. The third-order valence-electron chi connectivity index (χ3n) is 4.69. The predicted molar refractivity (Wildman–Crippen MR) is 90.2 cm³/mol. The Morgan fingerprint density at radius 1 is 1.13 bits per heavy atom. The quantitative estimate of drug-likeness (QED) is 0.908. The Hall–Kier alpha value is -2.29. The molecule has 1 unspecified atom stereocenters. The van der Waals surface area contributed by atoms with Crippen LogP contribution in [0.1, 0.15) is 41.0 Å². The van der Waals surface area contributed by atoms with Crippen LogP contribution >= 0.6 is 0 Å². The van der Waals surface area contributed by atoms with Gasteiger partial charge in [0, 0.05) is 0 Å². The number of carboxylic acid groups (broad SMARTS) is 1. The molecule has 1 N–H and O–H groups in total. The summed E-state index contributed by atoms with van der Waals surface area (Å²) in [6, 6.07) is 13.8. The van der Waals surface area contributed by atoms with Gasteiger partial charge in [-0.25, -0.2) is 0 Å². The molecule has 0 saturated heterocycles. The first-order valence-corrected chi connectivity index (χ1v) is 8.15. The number of ether oxygens (including phenoxy) is 1. The molecule has 0 heterocycles. The molecule has 23 heavy (non-hydrogen) atoms. The van der Waals surface area contributed by atoms with E-state index in [0.717, 1.165) is 29.7 Å². The molecule has 2 aromatic carbocycles. The molecule has 0 amide bonds. The molecule has 1 aliphatic carbocycles. The summed E-state index contributed by atoms with van der Waals surface area (Å²) in [5, 5.41) is 9.71. The third-order valence-corrected chi connectivity index (χ3v) is 4.69. The van der Waals surface area contributed by atoms with E-state index in [4.69, 9.17) is 4.74 Å². The molecule has 0 aromatic heterocycles. The normalized spacial score (nSPS) is 14.8. The maximum Gasteiger partial charge on any atom is 0.311 e. The molecule has 2 aromatic rings. The summed E-state index contributed by atoms with van der Waals surface area (Å²) in [5.74, 6) is -0.582. The van der Waals surface area contributed by atoms with Crippen LogP contribution in [0, 0.1) is 0 Å². The van der Waals surface area contributed by atoms with Crippen LogP contribution in [0.15, 0.2) is 42.5 Å². The van der Waals surface area contributed by atoms with Crippen LogP contribution < -0.4 is 4.74 Å². The van der Waals surface area contributed by atoms with Crippen molar-refractivity contribution in [2.45, 2.75) is 38.0 Å². The summed E-state index contributed by atoms with van der Waals surface area (Å²) in [6.07, 6.45) is 5.04. The van der Waals surface area contributed by atoms with Crippen LogP contribution in [0.5, 0.6) is 5.75 Å². The molecule has 0 radical (unpaired) electrons. The monoisotopic (exact) mass is 310 g/mol. The maximum absolute atomic E-state index is 11.8. The Bertz CT molecular complexity index is 706. The van der Waals surface area contributed by atoms with Crippen molar-refractivity contribution in [1.29, 1.82) is 0 Å². The van der Waals surface area contributed by atoms with Gasteiger partial charge >= 0.3 is 5.97 Å². The van der Waals surface area contributed by atoms with Crippen LogP contribution in [0.4, 0.5) is 0 Å². The number of aliphatic carboxylic acids is 1. The van der Waals surface area contributed by atoms with Gasteiger partial charge < -0.3 is 9.84 Å². The van der Waals surface area contributed by atoms with Gasteiger partial charge in [0.25, 0.3) is 0 Å². The number of hydrogen-bond donors (Lipinski definition) is 1. The Labute approximate surface area is 136 Å². The van der Waals surface area contributed by atoms with Gasteiger partial charge in [-0.1, -0.05) is 36.4 Å². The Balaban J connectivity index is 1.91. The fourth-order valence-electron chi connectivity index (χ4n) is 3.41. The fraction of sp³-hybridized carbons (Fsp3) is 0.350. The van der Waals surface area contributed by atoms with Crippen molar-refractivity contribution < 1.29 is 14.6 Å². The Morgan fingerprint density at radius 2 is 1.87 bits per heavy atom. The molecule has 0 saturated carbocycles. The van der Waals surface area contributed by atoms with E-state index in [1.165, 1.54) is 24.0 Å². The van der Waals surface area contributed by atoms with Gasteiger partial charge in [0.1, 0.15) is 5.75 Å². The number of hydrogen-bond acceptors (Lipinski definition) is 2. The van der Waals surface area contributed by atoms with Crippen molar-refractivity contribution in [3.05, 3.63) is 64.7 Å². The lowest BCUT2D eigenvalue weighted by Crippen LogP contribution is -2.16. The second-order valence-electron chi connectivity index (χ2n) is 6.14. The van der Waals surface area contributed by atoms with E-state index in [9.17, 15) is 9.90 Å². The number of carboxylic acids is 1. The zero-order chi connectivity index (χ0) is 16.2. The summed E-state index contributed by atoms with van der Waals surface area (Å²) in [5.41, 5.74) is 4.52. The molecule has 0 aliphatic heterocycles. The highest BCUT2D eigenvalue weighted by molar-refractivity contribution is 5.77. The van der Waals surface area contributed by atoms with Gasteiger partial charge in [0.2, 0.25) is 0 Å². The van der Waals surface area contributed by atoms with Gasteiger partial charge in [0.05, 0.1) is 13.0 Å². The first-order chi connectivity index (χ1) is 11.2. The topological polar surface area (TPSA) is 46.5 Å². The second-order valence-corrected chi connectivity index (χ2v) is 6.14. The first kappa shape index (κ1) is 15.6. The Morgan fingerprint density at radius 3 is 2.61 bits per heavy atom. The van der Waals surface area contributed by atoms with Crippen LogP contribution in [-0.2, 0) is 24.1 Å². The lowest BCUT2D eigenvalue weighted by atomic mass is 9.85. The number of methoxy groups -OCH3 is 1. The molecule has 3 heteroatoms. The highest BCUT2D eigenvalue weighted by Gasteiger charge is 2.23. The number of carbonyl (C=O) groups is 1. The zero-order valence-electron chi connectivity index (χ0n) is 13.4. The van der Waals surface area contributed by atoms with Crippen LogP contribution in [0.2, 0.25) is 0 Å². The number of rotatable bonds is 5. The molecular formula is C20H22O3. The highest BCUT2D eigenvalue weighted by Crippen LogP contribution is 2.30. The van der Waals surface area contributed by atoms with E-state index in [0.29, 0.717) is 6.42 Å². The van der Waals surface area contributed by atoms with E-state index in [-0.39, 0.29) is 0 Å². The molecule has 1 aliphatic rings. The minimum Gasteiger partial charge on any atom is -0.496 e. The van der Waals surface area contributed by atoms with E-state index >= 15 is 0 Å². The van der Waals surface area contributed by atoms with Gasteiger partial charge in [-0.2, -0.15) is 0 Å².